The molecule has 0 aliphatic rings. The Labute approximate surface area is 83.7 Å². The quantitative estimate of drug-likeness (QED) is 0.745. The van der Waals surface area contributed by atoms with Crippen LogP contribution in [0.1, 0.15) is 41.8 Å². The second-order valence-electron chi connectivity index (χ2n) is 3.50. The lowest BCUT2D eigenvalue weighted by atomic mass is 10.1. The number of Topliss-reactive ketones (excluding diaryl/α,β-unsaturated/α-hetero) is 1. The summed E-state index contributed by atoms with van der Waals surface area (Å²) in [6.07, 6.45) is 0. The highest BCUT2D eigenvalue weighted by atomic mass is 16.5. The molecule has 1 heterocycles. The van der Waals surface area contributed by atoms with Crippen LogP contribution in [0.2, 0.25) is 0 Å². The van der Waals surface area contributed by atoms with Gasteiger partial charge in [-0.05, 0) is 6.92 Å². The highest BCUT2D eigenvalue weighted by molar-refractivity contribution is 5.93. The summed E-state index contributed by atoms with van der Waals surface area (Å²) in [6.45, 7) is 5.96. The number of nitrogens with one attached hydrogen (secondary N) is 1. The van der Waals surface area contributed by atoms with Crippen molar-refractivity contribution in [1.82, 2.24) is 9.97 Å². The number of methoxy groups -OCH3 is 1. The zero-order valence-electron chi connectivity index (χ0n) is 9.05. The maximum atomic E-state index is 11.3. The van der Waals surface area contributed by atoms with E-state index in [4.69, 9.17) is 4.74 Å². The second-order valence-corrected chi connectivity index (χ2v) is 3.50. The highest BCUT2D eigenvalue weighted by Gasteiger charge is 2.17. The summed E-state index contributed by atoms with van der Waals surface area (Å²) in [5.41, 5.74) is 1.41. The standard InChI is InChI=1S/C10H16N2O2/c1-6(5-14-4)9-10(7(2)13)12-8(3)11-9/h6H,5H2,1-4H3,(H,11,12). The minimum atomic E-state index is -0.00713. The summed E-state index contributed by atoms with van der Waals surface area (Å²) < 4.78 is 5.04. The molecule has 4 heteroatoms. The van der Waals surface area contributed by atoms with Gasteiger partial charge in [-0.2, -0.15) is 0 Å². The fourth-order valence-corrected chi connectivity index (χ4v) is 1.47. The molecule has 0 amide bonds. The Bertz CT molecular complexity index is 331. The smallest absolute Gasteiger partial charge is 0.179 e. The van der Waals surface area contributed by atoms with Gasteiger partial charge < -0.3 is 9.72 Å². The zero-order chi connectivity index (χ0) is 10.7. The summed E-state index contributed by atoms with van der Waals surface area (Å²) in [7, 11) is 1.65. The predicted molar refractivity (Wildman–Crippen MR) is 53.6 cm³/mol. The lowest BCUT2D eigenvalue weighted by Crippen LogP contribution is -2.07. The van der Waals surface area contributed by atoms with Crippen LogP contribution in [0.15, 0.2) is 0 Å². The first-order chi connectivity index (χ1) is 6.56. The van der Waals surface area contributed by atoms with Gasteiger partial charge in [0.05, 0.1) is 12.3 Å². The molecule has 0 bridgehead atoms. The summed E-state index contributed by atoms with van der Waals surface area (Å²) in [6, 6.07) is 0. The number of aromatic nitrogens is 2. The third kappa shape index (κ3) is 2.20. The van der Waals surface area contributed by atoms with Gasteiger partial charge >= 0.3 is 0 Å². The van der Waals surface area contributed by atoms with Crippen LogP contribution in [0.5, 0.6) is 0 Å². The summed E-state index contributed by atoms with van der Waals surface area (Å²) in [4.78, 5) is 18.5. The van der Waals surface area contributed by atoms with E-state index in [0.717, 1.165) is 11.5 Å². The van der Waals surface area contributed by atoms with Gasteiger partial charge in [-0.1, -0.05) is 6.92 Å². The van der Waals surface area contributed by atoms with Gasteiger partial charge in [0, 0.05) is 20.0 Å². The van der Waals surface area contributed by atoms with Crippen molar-refractivity contribution in [3.05, 3.63) is 17.2 Å². The van der Waals surface area contributed by atoms with Gasteiger partial charge in [0.25, 0.3) is 0 Å². The lowest BCUT2D eigenvalue weighted by molar-refractivity contribution is 0.101. The van der Waals surface area contributed by atoms with E-state index in [1.165, 1.54) is 6.92 Å². The van der Waals surface area contributed by atoms with E-state index >= 15 is 0 Å². The number of ether oxygens (including phenoxy) is 1. The zero-order valence-corrected chi connectivity index (χ0v) is 9.05. The van der Waals surface area contributed by atoms with Crippen molar-refractivity contribution >= 4 is 5.78 Å². The van der Waals surface area contributed by atoms with Gasteiger partial charge in [0.15, 0.2) is 5.78 Å². The maximum absolute atomic E-state index is 11.3. The molecule has 1 unspecified atom stereocenters. The second kappa shape index (κ2) is 4.37. The number of aromatic amines is 1. The number of hydrogen-bond acceptors (Lipinski definition) is 3. The molecule has 1 aromatic rings. The first-order valence-electron chi connectivity index (χ1n) is 4.62. The topological polar surface area (TPSA) is 55.0 Å². The number of hydrogen-bond donors (Lipinski definition) is 1. The average Bonchev–Trinajstić information content (AvgIpc) is 2.48. The van der Waals surface area contributed by atoms with Crippen LogP contribution in [0.25, 0.3) is 0 Å². The Morgan fingerprint density at radius 3 is 2.79 bits per heavy atom. The number of carbonyl (C=O) groups is 1. The van der Waals surface area contributed by atoms with Gasteiger partial charge in [-0.15, -0.1) is 0 Å². The number of H-pyrrole nitrogens is 1. The van der Waals surface area contributed by atoms with Crippen LogP contribution in [0, 0.1) is 6.92 Å². The van der Waals surface area contributed by atoms with Crippen LogP contribution in [-0.2, 0) is 4.74 Å². The molecule has 14 heavy (non-hydrogen) atoms. The minimum absolute atomic E-state index is 0.00713. The molecule has 4 nitrogen and oxygen atoms in total. The number of nitrogens with zero attached hydrogens (tertiary/aromatic N) is 1. The minimum Gasteiger partial charge on any atom is -0.384 e. The molecule has 0 fully saturated rings. The number of rotatable bonds is 4. The van der Waals surface area contributed by atoms with Gasteiger partial charge in [-0.25, -0.2) is 4.98 Å². The third-order valence-electron chi connectivity index (χ3n) is 2.09. The molecule has 1 atom stereocenters. The van der Waals surface area contributed by atoms with Crippen molar-refractivity contribution in [3.8, 4) is 0 Å². The molecule has 78 valence electrons. The Balaban J connectivity index is 3.00. The van der Waals surface area contributed by atoms with E-state index < -0.39 is 0 Å². The molecule has 0 aliphatic heterocycles. The number of carbonyl (C=O) groups excluding carboxylic acids is 1. The highest BCUT2D eigenvalue weighted by Crippen LogP contribution is 2.18. The molecule has 0 aliphatic carbocycles. The van der Waals surface area contributed by atoms with E-state index in [0.29, 0.717) is 12.3 Å². The lowest BCUT2D eigenvalue weighted by Gasteiger charge is -2.08. The van der Waals surface area contributed by atoms with E-state index in [9.17, 15) is 4.79 Å². The monoisotopic (exact) mass is 196 g/mol. The van der Waals surface area contributed by atoms with Crippen molar-refractivity contribution < 1.29 is 9.53 Å². The number of aryl methyl sites for hydroxylation is 1. The van der Waals surface area contributed by atoms with Gasteiger partial charge in [-0.3, -0.25) is 4.79 Å². The molecular weight excluding hydrogens is 180 g/mol. The van der Waals surface area contributed by atoms with Crippen molar-refractivity contribution in [3.63, 3.8) is 0 Å². The van der Waals surface area contributed by atoms with E-state index in [2.05, 4.69) is 9.97 Å². The molecular formula is C10H16N2O2. The van der Waals surface area contributed by atoms with Crippen LogP contribution >= 0.6 is 0 Å². The summed E-state index contributed by atoms with van der Waals surface area (Å²) in [5.74, 6) is 0.931. The Hall–Kier alpha value is -1.16. The number of ketones is 1. The SMILES string of the molecule is COCC(C)c1[nH]c(C)nc1C(C)=O. The first-order valence-corrected chi connectivity index (χ1v) is 4.62. The van der Waals surface area contributed by atoms with Gasteiger partial charge in [0.2, 0.25) is 0 Å². The Morgan fingerprint density at radius 1 is 1.64 bits per heavy atom. The van der Waals surface area contributed by atoms with Crippen LogP contribution in [-0.4, -0.2) is 29.5 Å². The van der Waals surface area contributed by atoms with Gasteiger partial charge in [0.1, 0.15) is 11.5 Å². The molecule has 1 aromatic heterocycles. The predicted octanol–water partition coefficient (Wildman–Crippen LogP) is 1.67. The molecule has 0 spiro atoms. The molecule has 0 saturated heterocycles. The van der Waals surface area contributed by atoms with Crippen LogP contribution < -0.4 is 0 Å². The third-order valence-corrected chi connectivity index (χ3v) is 2.09. The first kappa shape index (κ1) is 10.9. The molecule has 1 rings (SSSR count). The van der Waals surface area contributed by atoms with Crippen molar-refractivity contribution in [2.24, 2.45) is 0 Å². The van der Waals surface area contributed by atoms with Crippen molar-refractivity contribution in [2.45, 2.75) is 26.7 Å². The van der Waals surface area contributed by atoms with Crippen molar-refractivity contribution in [2.75, 3.05) is 13.7 Å². The van der Waals surface area contributed by atoms with Crippen LogP contribution in [0.4, 0.5) is 0 Å². The Morgan fingerprint density at radius 2 is 2.29 bits per heavy atom. The fraction of sp³-hybridized carbons (Fsp3) is 0.600. The van der Waals surface area contributed by atoms with Crippen molar-refractivity contribution in [1.29, 1.82) is 0 Å². The summed E-state index contributed by atoms with van der Waals surface area (Å²) >= 11 is 0. The average molecular weight is 196 g/mol. The normalized spacial score (nSPS) is 12.9. The van der Waals surface area contributed by atoms with E-state index in [1.807, 2.05) is 13.8 Å². The van der Waals surface area contributed by atoms with Crippen LogP contribution in [0.3, 0.4) is 0 Å². The molecule has 0 aromatic carbocycles. The van der Waals surface area contributed by atoms with E-state index in [1.54, 1.807) is 7.11 Å². The maximum Gasteiger partial charge on any atom is 0.179 e. The number of imidazole rings is 1. The molecule has 1 N–H and O–H groups in total. The fourth-order valence-electron chi connectivity index (χ4n) is 1.47. The largest absolute Gasteiger partial charge is 0.384 e. The Kier molecular flexibility index (Phi) is 3.41. The molecule has 0 saturated carbocycles. The summed E-state index contributed by atoms with van der Waals surface area (Å²) in [5, 5.41) is 0. The van der Waals surface area contributed by atoms with E-state index in [-0.39, 0.29) is 11.7 Å². The molecule has 0 radical (unpaired) electrons.